The van der Waals surface area contributed by atoms with Crippen LogP contribution in [0.5, 0.6) is 0 Å². The number of nitrogens with zero attached hydrogens (tertiary/aromatic N) is 2. The van der Waals surface area contributed by atoms with Gasteiger partial charge in [-0.25, -0.2) is 16.8 Å². The lowest BCUT2D eigenvalue weighted by atomic mass is 10.0. The molecule has 0 unspecified atom stereocenters. The number of benzene rings is 2. The Morgan fingerprint density at radius 2 is 1.85 bits per heavy atom. The predicted octanol–water partition coefficient (Wildman–Crippen LogP) is 1.26. The van der Waals surface area contributed by atoms with Crippen molar-refractivity contribution in [1.29, 1.82) is 0 Å². The minimum Gasteiger partial charge on any atom is -0.353 e. The highest BCUT2D eigenvalue weighted by Crippen LogP contribution is 2.30. The zero-order valence-corrected chi connectivity index (χ0v) is 20.0. The molecule has 2 aliphatic heterocycles. The van der Waals surface area contributed by atoms with Crippen molar-refractivity contribution < 1.29 is 21.6 Å². The molecule has 2 aliphatic rings. The van der Waals surface area contributed by atoms with Gasteiger partial charge >= 0.3 is 0 Å². The van der Waals surface area contributed by atoms with E-state index in [1.165, 1.54) is 10.4 Å². The van der Waals surface area contributed by atoms with Crippen molar-refractivity contribution in [2.75, 3.05) is 23.1 Å². The van der Waals surface area contributed by atoms with Gasteiger partial charge in [0, 0.05) is 18.7 Å². The quantitative estimate of drug-likeness (QED) is 0.605. The van der Waals surface area contributed by atoms with Gasteiger partial charge in [0.05, 0.1) is 16.3 Å². The third-order valence-corrected chi connectivity index (χ3v) is 8.84. The third-order valence-electron chi connectivity index (χ3n) is 5.67. The van der Waals surface area contributed by atoms with E-state index >= 15 is 0 Å². The monoisotopic (exact) mass is 490 g/mol. The molecule has 1 atom stereocenters. The molecule has 0 aromatic heterocycles. The Hall–Kier alpha value is -2.92. The number of amidine groups is 1. The van der Waals surface area contributed by atoms with Crippen molar-refractivity contribution in [2.24, 2.45) is 10.9 Å². The van der Waals surface area contributed by atoms with Crippen LogP contribution in [0.4, 0.5) is 5.69 Å². The fourth-order valence-corrected chi connectivity index (χ4v) is 6.66. The molecule has 0 fully saturated rings. The standard InChI is InChI=1S/C22H26N4O5S2/c1-15(2)20(24-21-17-8-4-6-10-19(17)33(30,31)25-21)22(27)23-12-14-32(28,29)26-13-11-16-7-3-5-9-18(16)26/h3-10,15,20H,11-14H2,1-2H3,(H,23,27)(H,24,25)/t20-/m0/s1. The smallest absolute Gasteiger partial charge is 0.263 e. The third kappa shape index (κ3) is 4.60. The van der Waals surface area contributed by atoms with E-state index in [1.54, 1.807) is 44.2 Å². The summed E-state index contributed by atoms with van der Waals surface area (Å²) in [5.74, 6) is -0.833. The number of sulfonamides is 2. The molecule has 33 heavy (non-hydrogen) atoms. The molecular formula is C22H26N4O5S2. The summed E-state index contributed by atoms with van der Waals surface area (Å²) in [6.45, 7) is 3.90. The van der Waals surface area contributed by atoms with Gasteiger partial charge in [0.1, 0.15) is 11.9 Å². The maximum absolute atomic E-state index is 12.8. The summed E-state index contributed by atoms with van der Waals surface area (Å²) in [5, 5.41) is 2.66. The number of nitrogens with one attached hydrogen (secondary N) is 2. The fourth-order valence-electron chi connectivity index (χ4n) is 3.99. The largest absolute Gasteiger partial charge is 0.353 e. The topological polar surface area (TPSA) is 125 Å². The number of carbonyl (C=O) groups is 1. The minimum atomic E-state index is -3.72. The van der Waals surface area contributed by atoms with Crippen molar-refractivity contribution in [3.63, 3.8) is 0 Å². The first-order valence-electron chi connectivity index (χ1n) is 10.7. The van der Waals surface area contributed by atoms with E-state index in [2.05, 4.69) is 15.0 Å². The van der Waals surface area contributed by atoms with Gasteiger partial charge in [0.25, 0.3) is 10.0 Å². The van der Waals surface area contributed by atoms with Crippen LogP contribution in [0.3, 0.4) is 0 Å². The molecule has 9 nitrogen and oxygen atoms in total. The van der Waals surface area contributed by atoms with Gasteiger partial charge in [-0.2, -0.15) is 0 Å². The Kier molecular flexibility index (Phi) is 6.19. The Morgan fingerprint density at radius 1 is 1.15 bits per heavy atom. The number of aliphatic imine (C=N–C) groups is 1. The maximum atomic E-state index is 12.8. The van der Waals surface area contributed by atoms with Crippen LogP contribution in [-0.2, 0) is 31.3 Å². The number of para-hydroxylation sites is 1. The van der Waals surface area contributed by atoms with Crippen LogP contribution in [0.15, 0.2) is 58.4 Å². The van der Waals surface area contributed by atoms with Crippen LogP contribution in [0.25, 0.3) is 0 Å². The molecule has 0 spiro atoms. The number of hydrogen-bond acceptors (Lipinski definition) is 6. The summed E-state index contributed by atoms with van der Waals surface area (Å²) in [6, 6.07) is 12.9. The molecule has 2 N–H and O–H groups in total. The lowest BCUT2D eigenvalue weighted by Gasteiger charge is -2.21. The highest BCUT2D eigenvalue weighted by molar-refractivity contribution is 7.92. The van der Waals surface area contributed by atoms with E-state index in [0.717, 1.165) is 5.56 Å². The Bertz CT molecular complexity index is 1320. The van der Waals surface area contributed by atoms with E-state index in [0.29, 0.717) is 24.2 Å². The van der Waals surface area contributed by atoms with Gasteiger partial charge in [-0.3, -0.25) is 18.8 Å². The summed E-state index contributed by atoms with van der Waals surface area (Å²) in [6.07, 6.45) is 0.659. The second kappa shape index (κ2) is 8.79. The first-order chi connectivity index (χ1) is 15.6. The molecule has 2 aromatic rings. The summed E-state index contributed by atoms with van der Waals surface area (Å²) in [7, 11) is -7.32. The maximum Gasteiger partial charge on any atom is 0.263 e. The van der Waals surface area contributed by atoms with Gasteiger partial charge in [0.2, 0.25) is 15.9 Å². The molecular weight excluding hydrogens is 464 g/mol. The molecule has 11 heteroatoms. The highest BCUT2D eigenvalue weighted by atomic mass is 32.2. The second-order valence-corrected chi connectivity index (χ2v) is 12.0. The van der Waals surface area contributed by atoms with Gasteiger partial charge < -0.3 is 5.32 Å². The first kappa shape index (κ1) is 23.2. The van der Waals surface area contributed by atoms with Crippen LogP contribution < -0.4 is 14.3 Å². The SMILES string of the molecule is CC(C)[C@H](N=C1NS(=O)(=O)c2ccccc21)C(=O)NCCS(=O)(=O)N1CCc2ccccc21. The van der Waals surface area contributed by atoms with Gasteiger partial charge in [-0.15, -0.1) is 0 Å². The van der Waals surface area contributed by atoms with E-state index in [4.69, 9.17) is 0 Å². The van der Waals surface area contributed by atoms with E-state index in [9.17, 15) is 21.6 Å². The normalized spacial score (nSPS) is 18.6. The lowest BCUT2D eigenvalue weighted by molar-refractivity contribution is -0.123. The van der Waals surface area contributed by atoms with Crippen molar-refractivity contribution in [3.8, 4) is 0 Å². The molecule has 0 saturated heterocycles. The van der Waals surface area contributed by atoms with E-state index in [-0.39, 0.29) is 28.9 Å². The Morgan fingerprint density at radius 3 is 2.61 bits per heavy atom. The molecule has 4 rings (SSSR count). The number of anilines is 1. The zero-order valence-electron chi connectivity index (χ0n) is 18.4. The van der Waals surface area contributed by atoms with Gasteiger partial charge in [-0.05, 0) is 36.1 Å². The van der Waals surface area contributed by atoms with Crippen LogP contribution in [0, 0.1) is 5.92 Å². The molecule has 0 aliphatic carbocycles. The van der Waals surface area contributed by atoms with Crippen LogP contribution in [0.1, 0.15) is 25.0 Å². The molecule has 0 bridgehead atoms. The lowest BCUT2D eigenvalue weighted by Crippen LogP contribution is -2.42. The number of amides is 1. The van der Waals surface area contributed by atoms with E-state index < -0.39 is 32.0 Å². The van der Waals surface area contributed by atoms with Crippen LogP contribution in [-0.4, -0.2) is 53.5 Å². The van der Waals surface area contributed by atoms with Gasteiger partial charge in [0.15, 0.2) is 0 Å². The number of rotatable bonds is 7. The Labute approximate surface area is 194 Å². The molecule has 1 amide bonds. The van der Waals surface area contributed by atoms with Crippen molar-refractivity contribution >= 4 is 37.5 Å². The van der Waals surface area contributed by atoms with Gasteiger partial charge in [-0.1, -0.05) is 44.2 Å². The fraction of sp³-hybridized carbons (Fsp3) is 0.364. The average molecular weight is 491 g/mol. The Balaban J connectivity index is 1.45. The molecule has 176 valence electrons. The molecule has 0 radical (unpaired) electrons. The molecule has 2 heterocycles. The van der Waals surface area contributed by atoms with Crippen LogP contribution in [0.2, 0.25) is 0 Å². The first-order valence-corrected chi connectivity index (χ1v) is 13.8. The highest BCUT2D eigenvalue weighted by Gasteiger charge is 2.33. The molecule has 2 aromatic carbocycles. The predicted molar refractivity (Wildman–Crippen MR) is 126 cm³/mol. The number of hydrogen-bond donors (Lipinski definition) is 2. The second-order valence-electron chi connectivity index (χ2n) is 8.33. The number of carbonyl (C=O) groups excluding carboxylic acids is 1. The van der Waals surface area contributed by atoms with E-state index in [1.807, 2.05) is 12.1 Å². The minimum absolute atomic E-state index is 0.0732. The summed E-state index contributed by atoms with van der Waals surface area (Å²) in [5.41, 5.74) is 2.08. The summed E-state index contributed by atoms with van der Waals surface area (Å²) >= 11 is 0. The average Bonchev–Trinajstić information content (AvgIpc) is 3.31. The summed E-state index contributed by atoms with van der Waals surface area (Å²) in [4.78, 5) is 17.4. The summed E-state index contributed by atoms with van der Waals surface area (Å²) < 4.78 is 54.1. The molecule has 0 saturated carbocycles. The number of fused-ring (bicyclic) bond motifs is 2. The van der Waals surface area contributed by atoms with Crippen molar-refractivity contribution in [1.82, 2.24) is 10.0 Å². The van der Waals surface area contributed by atoms with Crippen molar-refractivity contribution in [3.05, 3.63) is 59.7 Å². The zero-order chi connectivity index (χ0) is 23.8. The van der Waals surface area contributed by atoms with Crippen molar-refractivity contribution in [2.45, 2.75) is 31.2 Å². The van der Waals surface area contributed by atoms with Crippen LogP contribution >= 0.6 is 0 Å².